The third-order valence-corrected chi connectivity index (χ3v) is 5.20. The molecule has 2 aromatic carbocycles. The molecule has 158 valence electrons. The van der Waals surface area contributed by atoms with Crippen LogP contribution in [0.15, 0.2) is 36.4 Å². The number of methoxy groups -OCH3 is 3. The molecule has 0 atom stereocenters. The summed E-state index contributed by atoms with van der Waals surface area (Å²) >= 11 is 0. The highest BCUT2D eigenvalue weighted by Crippen LogP contribution is 2.39. The SMILES string of the molecule is COc1ccc(CNC(=O)CN(c2ccccc2F)S(C)(=O)=O)c(OC)c1OC. The number of ether oxygens (including phenoxy) is 3. The zero-order valence-corrected chi connectivity index (χ0v) is 17.4. The zero-order chi connectivity index (χ0) is 21.6. The summed E-state index contributed by atoms with van der Waals surface area (Å²) < 4.78 is 54.8. The highest BCUT2D eigenvalue weighted by Gasteiger charge is 2.24. The molecule has 2 rings (SSSR count). The van der Waals surface area contributed by atoms with Crippen molar-refractivity contribution in [3.05, 3.63) is 47.8 Å². The number of carbonyl (C=O) groups excluding carboxylic acids is 1. The first-order valence-electron chi connectivity index (χ1n) is 8.49. The van der Waals surface area contributed by atoms with Gasteiger partial charge in [0, 0.05) is 12.1 Å². The molecule has 8 nitrogen and oxygen atoms in total. The van der Waals surface area contributed by atoms with Crippen LogP contribution in [0.5, 0.6) is 17.2 Å². The number of para-hydroxylation sites is 1. The number of halogens is 1. The van der Waals surface area contributed by atoms with E-state index in [2.05, 4.69) is 5.32 Å². The van der Waals surface area contributed by atoms with Crippen LogP contribution >= 0.6 is 0 Å². The summed E-state index contributed by atoms with van der Waals surface area (Å²) in [5, 5.41) is 2.61. The van der Waals surface area contributed by atoms with Crippen LogP contribution in [0.2, 0.25) is 0 Å². The normalized spacial score (nSPS) is 10.9. The van der Waals surface area contributed by atoms with Gasteiger partial charge < -0.3 is 19.5 Å². The van der Waals surface area contributed by atoms with Crippen LogP contribution in [0, 0.1) is 5.82 Å². The van der Waals surface area contributed by atoms with Gasteiger partial charge in [-0.05, 0) is 24.3 Å². The van der Waals surface area contributed by atoms with Crippen molar-refractivity contribution in [1.29, 1.82) is 0 Å². The molecule has 0 aliphatic rings. The molecule has 0 heterocycles. The minimum Gasteiger partial charge on any atom is -0.493 e. The number of hydrogen-bond donors (Lipinski definition) is 1. The molecule has 29 heavy (non-hydrogen) atoms. The van der Waals surface area contributed by atoms with Crippen molar-refractivity contribution < 1.29 is 31.8 Å². The van der Waals surface area contributed by atoms with Gasteiger partial charge in [0.2, 0.25) is 21.7 Å². The summed E-state index contributed by atoms with van der Waals surface area (Å²) in [5.41, 5.74) is 0.393. The van der Waals surface area contributed by atoms with Crippen molar-refractivity contribution in [2.24, 2.45) is 0 Å². The van der Waals surface area contributed by atoms with Crippen LogP contribution in [0.3, 0.4) is 0 Å². The van der Waals surface area contributed by atoms with Crippen molar-refractivity contribution >= 4 is 21.6 Å². The molecule has 0 saturated carbocycles. The van der Waals surface area contributed by atoms with Crippen LogP contribution < -0.4 is 23.8 Å². The lowest BCUT2D eigenvalue weighted by Crippen LogP contribution is -2.40. The molecule has 10 heteroatoms. The molecule has 0 radical (unpaired) electrons. The van der Waals surface area contributed by atoms with Gasteiger partial charge in [0.25, 0.3) is 0 Å². The van der Waals surface area contributed by atoms with Gasteiger partial charge in [-0.1, -0.05) is 12.1 Å². The number of nitrogens with zero attached hydrogens (tertiary/aromatic N) is 1. The Kier molecular flexibility index (Phi) is 7.27. The predicted molar refractivity (Wildman–Crippen MR) is 107 cm³/mol. The van der Waals surface area contributed by atoms with Crippen molar-refractivity contribution in [1.82, 2.24) is 5.32 Å². The number of sulfonamides is 1. The molecule has 0 fully saturated rings. The van der Waals surface area contributed by atoms with Crippen LogP contribution in [-0.2, 0) is 21.4 Å². The third-order valence-electron chi connectivity index (χ3n) is 4.07. The molecule has 1 N–H and O–H groups in total. The minimum absolute atomic E-state index is 0.0389. The number of nitrogens with one attached hydrogen (secondary N) is 1. The average Bonchev–Trinajstić information content (AvgIpc) is 2.69. The first-order valence-corrected chi connectivity index (χ1v) is 10.3. The zero-order valence-electron chi connectivity index (χ0n) is 16.6. The summed E-state index contributed by atoms with van der Waals surface area (Å²) in [6, 6.07) is 8.68. The standard InChI is InChI=1S/C19H23FN2O6S/c1-26-16-10-9-13(18(27-2)19(16)28-3)11-21-17(23)12-22(29(4,24)25)15-8-6-5-7-14(15)20/h5-10H,11-12H2,1-4H3,(H,21,23). The molecule has 0 bridgehead atoms. The Hall–Kier alpha value is -3.01. The second kappa shape index (κ2) is 9.46. The molecule has 0 aliphatic carbocycles. The Labute approximate surface area is 169 Å². The highest BCUT2D eigenvalue weighted by atomic mass is 32.2. The smallest absolute Gasteiger partial charge is 0.241 e. The Morgan fingerprint density at radius 2 is 1.69 bits per heavy atom. The summed E-state index contributed by atoms with van der Waals surface area (Å²) in [7, 11) is 0.518. The van der Waals surface area contributed by atoms with Gasteiger partial charge in [-0.2, -0.15) is 0 Å². The molecule has 2 aromatic rings. The van der Waals surface area contributed by atoms with Crippen molar-refractivity contribution in [2.45, 2.75) is 6.54 Å². The van der Waals surface area contributed by atoms with E-state index < -0.39 is 28.3 Å². The number of anilines is 1. The van der Waals surface area contributed by atoms with Gasteiger partial charge in [0.1, 0.15) is 12.4 Å². The van der Waals surface area contributed by atoms with Gasteiger partial charge in [-0.25, -0.2) is 12.8 Å². The second-order valence-electron chi connectivity index (χ2n) is 5.99. The maximum absolute atomic E-state index is 14.0. The third kappa shape index (κ3) is 5.29. The van der Waals surface area contributed by atoms with Gasteiger partial charge in [-0.15, -0.1) is 0 Å². The lowest BCUT2D eigenvalue weighted by atomic mass is 10.1. The minimum atomic E-state index is -3.88. The van der Waals surface area contributed by atoms with E-state index in [-0.39, 0.29) is 12.2 Å². The van der Waals surface area contributed by atoms with Crippen LogP contribution in [0.1, 0.15) is 5.56 Å². The fraction of sp³-hybridized carbons (Fsp3) is 0.316. The second-order valence-corrected chi connectivity index (χ2v) is 7.90. The fourth-order valence-electron chi connectivity index (χ4n) is 2.72. The van der Waals surface area contributed by atoms with E-state index in [4.69, 9.17) is 14.2 Å². The van der Waals surface area contributed by atoms with E-state index >= 15 is 0 Å². The summed E-state index contributed by atoms with van der Waals surface area (Å²) in [6.45, 7) is -0.535. The van der Waals surface area contributed by atoms with E-state index in [0.717, 1.165) is 12.3 Å². The molecular weight excluding hydrogens is 403 g/mol. The summed E-state index contributed by atoms with van der Waals surface area (Å²) in [4.78, 5) is 12.4. The van der Waals surface area contributed by atoms with Gasteiger partial charge in [0.15, 0.2) is 11.5 Å². The van der Waals surface area contributed by atoms with Gasteiger partial charge in [0.05, 0.1) is 33.3 Å². The molecule has 0 unspecified atom stereocenters. The van der Waals surface area contributed by atoms with Crippen LogP contribution in [-0.4, -0.2) is 48.5 Å². The maximum Gasteiger partial charge on any atom is 0.241 e. The van der Waals surface area contributed by atoms with Crippen LogP contribution in [0.25, 0.3) is 0 Å². The van der Waals surface area contributed by atoms with E-state index in [9.17, 15) is 17.6 Å². The van der Waals surface area contributed by atoms with E-state index in [1.165, 1.54) is 39.5 Å². The topological polar surface area (TPSA) is 94.2 Å². The molecule has 0 spiro atoms. The first-order chi connectivity index (χ1) is 13.7. The average molecular weight is 426 g/mol. The molecular formula is C19H23FN2O6S. The Balaban J connectivity index is 2.19. The molecule has 0 aliphatic heterocycles. The Bertz CT molecular complexity index is 981. The number of rotatable bonds is 9. The van der Waals surface area contributed by atoms with E-state index in [0.29, 0.717) is 27.1 Å². The largest absolute Gasteiger partial charge is 0.493 e. The lowest BCUT2D eigenvalue weighted by Gasteiger charge is -2.22. The maximum atomic E-state index is 14.0. The van der Waals surface area contributed by atoms with Gasteiger partial charge in [-0.3, -0.25) is 9.10 Å². The highest BCUT2D eigenvalue weighted by molar-refractivity contribution is 7.92. The lowest BCUT2D eigenvalue weighted by molar-refractivity contribution is -0.119. The van der Waals surface area contributed by atoms with E-state index in [1.54, 1.807) is 12.1 Å². The summed E-state index contributed by atoms with van der Waals surface area (Å²) in [6.07, 6.45) is 0.907. The van der Waals surface area contributed by atoms with Crippen molar-refractivity contribution in [2.75, 3.05) is 38.4 Å². The monoisotopic (exact) mass is 426 g/mol. The number of amides is 1. The van der Waals surface area contributed by atoms with E-state index in [1.807, 2.05) is 0 Å². The molecule has 1 amide bonds. The van der Waals surface area contributed by atoms with Crippen LogP contribution in [0.4, 0.5) is 10.1 Å². The van der Waals surface area contributed by atoms with Crippen molar-refractivity contribution in [3.8, 4) is 17.2 Å². The molecule has 0 aromatic heterocycles. The van der Waals surface area contributed by atoms with Crippen molar-refractivity contribution in [3.63, 3.8) is 0 Å². The fourth-order valence-corrected chi connectivity index (χ4v) is 3.57. The predicted octanol–water partition coefficient (Wildman–Crippen LogP) is 1.93. The number of benzene rings is 2. The Morgan fingerprint density at radius 1 is 1.03 bits per heavy atom. The summed E-state index contributed by atoms with van der Waals surface area (Å²) in [5.74, 6) is -0.155. The Morgan fingerprint density at radius 3 is 2.24 bits per heavy atom. The first kappa shape index (κ1) is 22.3. The quantitative estimate of drug-likeness (QED) is 0.659. The molecule has 0 saturated heterocycles. The van der Waals surface area contributed by atoms with Gasteiger partial charge >= 0.3 is 0 Å². The number of carbonyl (C=O) groups is 1. The number of hydrogen-bond acceptors (Lipinski definition) is 6.